The second kappa shape index (κ2) is 7.11. The molecule has 0 saturated heterocycles. The first-order chi connectivity index (χ1) is 11.3. The Morgan fingerprint density at radius 2 is 1.74 bits per heavy atom. The van der Waals surface area contributed by atoms with Crippen LogP contribution in [-0.4, -0.2) is 17.3 Å². The standard InChI is InChI=1S/C19H21N3O/c1-14-3-7-16(8-4-14)19-17(13-21-22-19)12-20-11-15-5-9-18(23-2)10-6-15/h3-10,13,20H,11-12H2,1-2H3,(H,21,22). The fourth-order valence-electron chi connectivity index (χ4n) is 2.50. The minimum absolute atomic E-state index is 0.770. The SMILES string of the molecule is COc1ccc(CNCc2cn[nH]c2-c2ccc(C)cc2)cc1. The molecule has 0 aliphatic rings. The quantitative estimate of drug-likeness (QED) is 0.730. The number of aromatic amines is 1. The van der Waals surface area contributed by atoms with E-state index in [0.29, 0.717) is 0 Å². The Bertz CT molecular complexity index is 745. The second-order valence-electron chi connectivity index (χ2n) is 5.59. The molecule has 0 amide bonds. The van der Waals surface area contributed by atoms with Crippen molar-refractivity contribution in [2.24, 2.45) is 0 Å². The molecular formula is C19H21N3O. The molecule has 3 aromatic rings. The third-order valence-corrected chi connectivity index (χ3v) is 3.86. The third-order valence-electron chi connectivity index (χ3n) is 3.86. The number of aryl methyl sites for hydroxylation is 1. The highest BCUT2D eigenvalue weighted by molar-refractivity contribution is 5.62. The summed E-state index contributed by atoms with van der Waals surface area (Å²) < 4.78 is 5.17. The summed E-state index contributed by atoms with van der Waals surface area (Å²) in [5, 5.41) is 10.7. The number of hydrogen-bond acceptors (Lipinski definition) is 3. The van der Waals surface area contributed by atoms with Crippen LogP contribution in [0.15, 0.2) is 54.7 Å². The van der Waals surface area contributed by atoms with E-state index in [0.717, 1.165) is 30.1 Å². The smallest absolute Gasteiger partial charge is 0.118 e. The van der Waals surface area contributed by atoms with Crippen LogP contribution in [0.3, 0.4) is 0 Å². The van der Waals surface area contributed by atoms with Crippen molar-refractivity contribution < 1.29 is 4.74 Å². The molecule has 3 rings (SSSR count). The monoisotopic (exact) mass is 307 g/mol. The molecule has 4 heteroatoms. The van der Waals surface area contributed by atoms with E-state index in [1.165, 1.54) is 16.7 Å². The van der Waals surface area contributed by atoms with Crippen LogP contribution in [0, 0.1) is 6.92 Å². The van der Waals surface area contributed by atoms with Gasteiger partial charge in [-0.25, -0.2) is 0 Å². The number of benzene rings is 2. The molecule has 0 spiro atoms. The number of methoxy groups -OCH3 is 1. The second-order valence-corrected chi connectivity index (χ2v) is 5.59. The van der Waals surface area contributed by atoms with Crippen LogP contribution < -0.4 is 10.1 Å². The van der Waals surface area contributed by atoms with Gasteiger partial charge in [-0.2, -0.15) is 5.10 Å². The molecule has 0 atom stereocenters. The Morgan fingerprint density at radius 3 is 2.43 bits per heavy atom. The predicted octanol–water partition coefficient (Wildman–Crippen LogP) is 3.68. The minimum Gasteiger partial charge on any atom is -0.497 e. The first-order valence-electron chi connectivity index (χ1n) is 7.69. The zero-order chi connectivity index (χ0) is 16.1. The molecule has 0 aliphatic carbocycles. The highest BCUT2D eigenvalue weighted by Crippen LogP contribution is 2.21. The van der Waals surface area contributed by atoms with Crippen molar-refractivity contribution in [3.8, 4) is 17.0 Å². The highest BCUT2D eigenvalue weighted by Gasteiger charge is 2.07. The van der Waals surface area contributed by atoms with E-state index in [1.807, 2.05) is 18.3 Å². The molecule has 4 nitrogen and oxygen atoms in total. The largest absolute Gasteiger partial charge is 0.497 e. The Balaban J connectivity index is 1.62. The zero-order valence-electron chi connectivity index (χ0n) is 13.5. The first kappa shape index (κ1) is 15.3. The van der Waals surface area contributed by atoms with E-state index in [-0.39, 0.29) is 0 Å². The molecular weight excluding hydrogens is 286 g/mol. The van der Waals surface area contributed by atoms with E-state index >= 15 is 0 Å². The van der Waals surface area contributed by atoms with Gasteiger partial charge in [-0.3, -0.25) is 5.10 Å². The Labute approximate surface area is 136 Å². The van der Waals surface area contributed by atoms with Crippen LogP contribution in [0.25, 0.3) is 11.3 Å². The molecule has 0 saturated carbocycles. The van der Waals surface area contributed by atoms with Crippen LogP contribution in [0.4, 0.5) is 0 Å². The molecule has 118 valence electrons. The number of nitrogens with zero attached hydrogens (tertiary/aromatic N) is 1. The van der Waals surface area contributed by atoms with E-state index in [2.05, 4.69) is 58.8 Å². The van der Waals surface area contributed by atoms with Gasteiger partial charge < -0.3 is 10.1 Å². The zero-order valence-corrected chi connectivity index (χ0v) is 13.5. The first-order valence-corrected chi connectivity index (χ1v) is 7.69. The lowest BCUT2D eigenvalue weighted by atomic mass is 10.1. The number of ether oxygens (including phenoxy) is 1. The molecule has 0 fully saturated rings. The van der Waals surface area contributed by atoms with Crippen LogP contribution in [-0.2, 0) is 13.1 Å². The highest BCUT2D eigenvalue weighted by atomic mass is 16.5. The maximum Gasteiger partial charge on any atom is 0.118 e. The Morgan fingerprint density at radius 1 is 1.00 bits per heavy atom. The molecule has 0 radical (unpaired) electrons. The number of H-pyrrole nitrogens is 1. The van der Waals surface area contributed by atoms with E-state index in [9.17, 15) is 0 Å². The van der Waals surface area contributed by atoms with Gasteiger partial charge in [0, 0.05) is 18.7 Å². The summed E-state index contributed by atoms with van der Waals surface area (Å²) in [5.74, 6) is 0.880. The number of nitrogens with one attached hydrogen (secondary N) is 2. The Hall–Kier alpha value is -2.59. The van der Waals surface area contributed by atoms with E-state index < -0.39 is 0 Å². The van der Waals surface area contributed by atoms with Crippen LogP contribution in [0.5, 0.6) is 5.75 Å². The maximum absolute atomic E-state index is 5.17. The molecule has 2 aromatic carbocycles. The number of aromatic nitrogens is 2. The van der Waals surface area contributed by atoms with Crippen LogP contribution in [0.1, 0.15) is 16.7 Å². The summed E-state index contributed by atoms with van der Waals surface area (Å²) in [5.41, 5.74) is 5.89. The third kappa shape index (κ3) is 3.79. The van der Waals surface area contributed by atoms with Gasteiger partial charge in [-0.1, -0.05) is 42.0 Å². The van der Waals surface area contributed by atoms with Crippen molar-refractivity contribution >= 4 is 0 Å². The van der Waals surface area contributed by atoms with Crippen molar-refractivity contribution in [2.45, 2.75) is 20.0 Å². The van der Waals surface area contributed by atoms with Gasteiger partial charge in [0.05, 0.1) is 19.0 Å². The summed E-state index contributed by atoms with van der Waals surface area (Å²) in [4.78, 5) is 0. The lowest BCUT2D eigenvalue weighted by Gasteiger charge is -2.07. The molecule has 23 heavy (non-hydrogen) atoms. The van der Waals surface area contributed by atoms with Gasteiger partial charge in [0.15, 0.2) is 0 Å². The minimum atomic E-state index is 0.770. The summed E-state index contributed by atoms with van der Waals surface area (Å²) in [7, 11) is 1.68. The molecule has 2 N–H and O–H groups in total. The van der Waals surface area contributed by atoms with Gasteiger partial charge >= 0.3 is 0 Å². The van der Waals surface area contributed by atoms with Crippen molar-refractivity contribution in [3.05, 3.63) is 71.4 Å². The van der Waals surface area contributed by atoms with E-state index in [4.69, 9.17) is 4.74 Å². The maximum atomic E-state index is 5.17. The lowest BCUT2D eigenvalue weighted by Crippen LogP contribution is -2.12. The predicted molar refractivity (Wildman–Crippen MR) is 92.3 cm³/mol. The van der Waals surface area contributed by atoms with Gasteiger partial charge in [-0.05, 0) is 30.2 Å². The van der Waals surface area contributed by atoms with E-state index in [1.54, 1.807) is 7.11 Å². The fraction of sp³-hybridized carbons (Fsp3) is 0.211. The number of rotatable bonds is 6. The molecule has 0 unspecified atom stereocenters. The van der Waals surface area contributed by atoms with Gasteiger partial charge in [-0.15, -0.1) is 0 Å². The van der Waals surface area contributed by atoms with Crippen LogP contribution in [0.2, 0.25) is 0 Å². The molecule has 0 aliphatic heterocycles. The van der Waals surface area contributed by atoms with Crippen molar-refractivity contribution in [2.75, 3.05) is 7.11 Å². The average molecular weight is 307 g/mol. The van der Waals surface area contributed by atoms with Crippen molar-refractivity contribution in [1.82, 2.24) is 15.5 Å². The number of hydrogen-bond donors (Lipinski definition) is 2. The summed E-state index contributed by atoms with van der Waals surface area (Å²) in [6.07, 6.45) is 1.89. The Kier molecular flexibility index (Phi) is 4.74. The summed E-state index contributed by atoms with van der Waals surface area (Å²) in [6.45, 7) is 3.67. The average Bonchev–Trinajstić information content (AvgIpc) is 3.05. The van der Waals surface area contributed by atoms with Gasteiger partial charge in [0.25, 0.3) is 0 Å². The molecule has 0 bridgehead atoms. The summed E-state index contributed by atoms with van der Waals surface area (Å²) >= 11 is 0. The van der Waals surface area contributed by atoms with Gasteiger partial charge in [0.2, 0.25) is 0 Å². The fourth-order valence-corrected chi connectivity index (χ4v) is 2.50. The van der Waals surface area contributed by atoms with Crippen molar-refractivity contribution in [3.63, 3.8) is 0 Å². The van der Waals surface area contributed by atoms with Crippen molar-refractivity contribution in [1.29, 1.82) is 0 Å². The lowest BCUT2D eigenvalue weighted by molar-refractivity contribution is 0.414. The van der Waals surface area contributed by atoms with Gasteiger partial charge in [0.1, 0.15) is 5.75 Å². The molecule has 1 heterocycles. The normalized spacial score (nSPS) is 10.7. The molecule has 1 aromatic heterocycles. The van der Waals surface area contributed by atoms with Crippen LogP contribution >= 0.6 is 0 Å². The topological polar surface area (TPSA) is 49.9 Å². The summed E-state index contributed by atoms with van der Waals surface area (Å²) in [6, 6.07) is 16.6.